The van der Waals surface area contributed by atoms with Crippen molar-refractivity contribution in [3.63, 3.8) is 0 Å². The van der Waals surface area contributed by atoms with Crippen LogP contribution < -0.4 is 4.90 Å². The van der Waals surface area contributed by atoms with Gasteiger partial charge in [-0.25, -0.2) is 4.68 Å². The summed E-state index contributed by atoms with van der Waals surface area (Å²) in [6.45, 7) is 4.13. The van der Waals surface area contributed by atoms with Crippen molar-refractivity contribution < 1.29 is 5.11 Å². The van der Waals surface area contributed by atoms with Crippen LogP contribution in [0.5, 0.6) is 0 Å². The van der Waals surface area contributed by atoms with Crippen LogP contribution in [0.1, 0.15) is 16.7 Å². The molecule has 0 aliphatic rings. The molecule has 0 bridgehead atoms. The quantitative estimate of drug-likeness (QED) is 0.836. The summed E-state index contributed by atoms with van der Waals surface area (Å²) in [4.78, 5) is 2.00. The summed E-state index contributed by atoms with van der Waals surface area (Å²) in [5.41, 5.74) is 4.22. The third kappa shape index (κ3) is 2.98. The number of hydrogen-bond donors (Lipinski definition) is 1. The molecule has 1 aromatic carbocycles. The van der Waals surface area contributed by atoms with Gasteiger partial charge in [-0.15, -0.1) is 11.8 Å². The van der Waals surface area contributed by atoms with E-state index in [1.54, 1.807) is 11.8 Å². The maximum absolute atomic E-state index is 9.72. The van der Waals surface area contributed by atoms with Gasteiger partial charge in [0.2, 0.25) is 0 Å². The van der Waals surface area contributed by atoms with Gasteiger partial charge in [-0.1, -0.05) is 15.9 Å². The first-order chi connectivity index (χ1) is 9.90. The van der Waals surface area contributed by atoms with Gasteiger partial charge in [0, 0.05) is 18.6 Å². The number of aliphatic hydroxyl groups excluding tert-OH is 1. The van der Waals surface area contributed by atoms with Crippen molar-refractivity contribution in [3.05, 3.63) is 33.3 Å². The smallest absolute Gasteiger partial charge is 0.138 e. The SMILES string of the molecule is CSc1nn(-c2c(C)cc(Br)cc2C)c(N(C)C)c1CO. The van der Waals surface area contributed by atoms with Crippen LogP contribution in [0, 0.1) is 13.8 Å². The van der Waals surface area contributed by atoms with Gasteiger partial charge in [-0.05, 0) is 43.4 Å². The van der Waals surface area contributed by atoms with Crippen molar-refractivity contribution in [2.75, 3.05) is 25.3 Å². The van der Waals surface area contributed by atoms with Crippen molar-refractivity contribution >= 4 is 33.5 Å². The summed E-state index contributed by atoms with van der Waals surface area (Å²) in [5.74, 6) is 0.926. The summed E-state index contributed by atoms with van der Waals surface area (Å²) in [6, 6.07) is 4.17. The highest BCUT2D eigenvalue weighted by Crippen LogP contribution is 2.34. The maximum atomic E-state index is 9.72. The monoisotopic (exact) mass is 369 g/mol. The molecular formula is C15H20BrN3OS. The lowest BCUT2D eigenvalue weighted by molar-refractivity contribution is 0.279. The van der Waals surface area contributed by atoms with Crippen molar-refractivity contribution in [1.29, 1.82) is 0 Å². The maximum Gasteiger partial charge on any atom is 0.138 e. The van der Waals surface area contributed by atoms with Gasteiger partial charge in [0.05, 0.1) is 17.9 Å². The third-order valence-electron chi connectivity index (χ3n) is 3.36. The molecule has 0 fully saturated rings. The van der Waals surface area contributed by atoms with Crippen LogP contribution >= 0.6 is 27.7 Å². The first kappa shape index (κ1) is 16.4. The Morgan fingerprint density at radius 2 is 1.86 bits per heavy atom. The molecular weight excluding hydrogens is 350 g/mol. The average molecular weight is 370 g/mol. The highest BCUT2D eigenvalue weighted by Gasteiger charge is 2.21. The topological polar surface area (TPSA) is 41.3 Å². The number of aliphatic hydroxyl groups is 1. The normalized spacial score (nSPS) is 11.0. The van der Waals surface area contributed by atoms with E-state index in [0.717, 1.165) is 37.7 Å². The van der Waals surface area contributed by atoms with E-state index >= 15 is 0 Å². The number of halogens is 1. The Morgan fingerprint density at radius 1 is 1.29 bits per heavy atom. The Kier molecular flexibility index (Phi) is 5.01. The fourth-order valence-corrected chi connectivity index (χ4v) is 3.83. The van der Waals surface area contributed by atoms with E-state index in [4.69, 9.17) is 5.10 Å². The molecule has 0 saturated carbocycles. The average Bonchev–Trinajstić information content (AvgIpc) is 2.75. The number of benzene rings is 1. The lowest BCUT2D eigenvalue weighted by atomic mass is 10.1. The molecule has 0 unspecified atom stereocenters. The first-order valence-corrected chi connectivity index (χ1v) is 8.63. The van der Waals surface area contributed by atoms with Crippen LogP contribution in [0.2, 0.25) is 0 Å². The number of aromatic nitrogens is 2. The van der Waals surface area contributed by atoms with E-state index in [2.05, 4.69) is 41.9 Å². The summed E-state index contributed by atoms with van der Waals surface area (Å²) in [6.07, 6.45) is 1.98. The molecule has 0 amide bonds. The highest BCUT2D eigenvalue weighted by atomic mass is 79.9. The fourth-order valence-electron chi connectivity index (χ4n) is 2.58. The van der Waals surface area contributed by atoms with Gasteiger partial charge < -0.3 is 10.0 Å². The molecule has 0 aliphatic carbocycles. The molecule has 4 nitrogen and oxygen atoms in total. The Hall–Kier alpha value is -0.980. The third-order valence-corrected chi connectivity index (χ3v) is 4.53. The second-order valence-corrected chi connectivity index (χ2v) is 6.87. The van der Waals surface area contributed by atoms with Gasteiger partial charge in [-0.2, -0.15) is 5.10 Å². The van der Waals surface area contributed by atoms with Crippen molar-refractivity contribution in [3.8, 4) is 5.69 Å². The predicted octanol–water partition coefficient (Wildman–Crippen LogP) is 3.53. The molecule has 1 N–H and O–H groups in total. The molecule has 6 heteroatoms. The van der Waals surface area contributed by atoms with Gasteiger partial charge in [0.25, 0.3) is 0 Å². The minimum atomic E-state index is -0.0156. The highest BCUT2D eigenvalue weighted by molar-refractivity contribution is 9.10. The van der Waals surface area contributed by atoms with Crippen LogP contribution in [0.25, 0.3) is 5.69 Å². The van der Waals surface area contributed by atoms with Crippen LogP contribution in [0.3, 0.4) is 0 Å². The van der Waals surface area contributed by atoms with Crippen molar-refractivity contribution in [1.82, 2.24) is 9.78 Å². The second-order valence-electron chi connectivity index (χ2n) is 5.16. The number of nitrogens with zero attached hydrogens (tertiary/aromatic N) is 3. The van der Waals surface area contributed by atoms with E-state index in [0.29, 0.717) is 0 Å². The lowest BCUT2D eigenvalue weighted by Crippen LogP contribution is -2.17. The summed E-state index contributed by atoms with van der Waals surface area (Å²) in [7, 11) is 3.95. The van der Waals surface area contributed by atoms with Gasteiger partial charge in [-0.3, -0.25) is 0 Å². The van der Waals surface area contributed by atoms with Crippen LogP contribution in [0.15, 0.2) is 21.6 Å². The van der Waals surface area contributed by atoms with Gasteiger partial charge in [0.1, 0.15) is 10.8 Å². The molecule has 0 atom stereocenters. The van der Waals surface area contributed by atoms with E-state index < -0.39 is 0 Å². The van der Waals surface area contributed by atoms with E-state index in [1.165, 1.54) is 0 Å². The number of aryl methyl sites for hydroxylation is 2. The molecule has 0 aliphatic heterocycles. The molecule has 2 rings (SSSR count). The molecule has 1 aromatic heterocycles. The van der Waals surface area contributed by atoms with E-state index in [1.807, 2.05) is 29.9 Å². The van der Waals surface area contributed by atoms with Crippen LogP contribution in [-0.4, -0.2) is 35.2 Å². The van der Waals surface area contributed by atoms with Crippen molar-refractivity contribution in [2.24, 2.45) is 0 Å². The van der Waals surface area contributed by atoms with Gasteiger partial charge >= 0.3 is 0 Å². The Labute approximate surface area is 138 Å². The van der Waals surface area contributed by atoms with Crippen molar-refractivity contribution in [2.45, 2.75) is 25.5 Å². The molecule has 21 heavy (non-hydrogen) atoms. The number of hydrogen-bond acceptors (Lipinski definition) is 4. The summed E-state index contributed by atoms with van der Waals surface area (Å²) in [5, 5.41) is 15.3. The molecule has 0 spiro atoms. The fraction of sp³-hybridized carbons (Fsp3) is 0.400. The second kappa shape index (κ2) is 6.42. The van der Waals surface area contributed by atoms with E-state index in [-0.39, 0.29) is 6.61 Å². The minimum Gasteiger partial charge on any atom is -0.391 e. The number of anilines is 1. The molecule has 0 radical (unpaired) electrons. The molecule has 2 aromatic rings. The van der Waals surface area contributed by atoms with E-state index in [9.17, 15) is 5.11 Å². The lowest BCUT2D eigenvalue weighted by Gasteiger charge is -2.19. The largest absolute Gasteiger partial charge is 0.391 e. The van der Waals surface area contributed by atoms with Crippen LogP contribution in [0.4, 0.5) is 5.82 Å². The standard InChI is InChI=1S/C15H20BrN3OS/c1-9-6-11(16)7-10(2)13(9)19-15(18(3)4)12(8-20)14(17-19)21-5/h6-7,20H,8H2,1-5H3. The minimum absolute atomic E-state index is 0.0156. The van der Waals surface area contributed by atoms with Gasteiger partial charge in [0.15, 0.2) is 0 Å². The summed E-state index contributed by atoms with van der Waals surface area (Å²) >= 11 is 5.08. The Morgan fingerprint density at radius 3 is 2.29 bits per heavy atom. The molecule has 114 valence electrons. The first-order valence-electron chi connectivity index (χ1n) is 6.61. The molecule has 0 saturated heterocycles. The predicted molar refractivity (Wildman–Crippen MR) is 92.8 cm³/mol. The zero-order valence-electron chi connectivity index (χ0n) is 12.9. The Balaban J connectivity index is 2.78. The zero-order valence-corrected chi connectivity index (χ0v) is 15.3. The number of rotatable bonds is 4. The summed E-state index contributed by atoms with van der Waals surface area (Å²) < 4.78 is 3.00. The Bertz CT molecular complexity index is 644. The van der Waals surface area contributed by atoms with Crippen LogP contribution in [-0.2, 0) is 6.61 Å². The zero-order chi connectivity index (χ0) is 15.7. The number of thioether (sulfide) groups is 1. The molecule has 1 heterocycles.